The molecule has 3 N–H and O–H groups in total. The summed E-state index contributed by atoms with van der Waals surface area (Å²) in [5.74, 6) is -1.75. The Morgan fingerprint density at radius 1 is 1.40 bits per heavy atom. The number of aromatic carboxylic acids is 1. The van der Waals surface area contributed by atoms with E-state index in [1.807, 2.05) is 0 Å². The van der Waals surface area contributed by atoms with Crippen LogP contribution in [0.2, 0.25) is 0 Å². The van der Waals surface area contributed by atoms with Gasteiger partial charge in [-0.3, -0.25) is 0 Å². The van der Waals surface area contributed by atoms with E-state index >= 15 is 0 Å². The number of phenols is 1. The van der Waals surface area contributed by atoms with Gasteiger partial charge in [0.25, 0.3) is 0 Å². The van der Waals surface area contributed by atoms with Crippen molar-refractivity contribution in [2.24, 2.45) is 0 Å². The van der Waals surface area contributed by atoms with E-state index in [0.29, 0.717) is 4.35 Å². The Balaban J connectivity index is 2.87. The Hall–Kier alpha value is -1.46. The number of nitrogens with one attached hydrogen (secondary N) is 1. The Kier molecular flexibility index (Phi) is 6.10. The van der Waals surface area contributed by atoms with Crippen LogP contribution in [-0.2, 0) is 9.59 Å². The molecule has 1 aromatic carbocycles. The van der Waals surface area contributed by atoms with E-state index in [2.05, 4.69) is 17.9 Å². The molecule has 0 saturated heterocycles. The van der Waals surface area contributed by atoms with Gasteiger partial charge in [-0.25, -0.2) is 0 Å². The monoisotopic (exact) mass is 358 g/mol. The molecule has 0 spiro atoms. The van der Waals surface area contributed by atoms with E-state index in [0.717, 1.165) is 0 Å². The quantitative estimate of drug-likeness (QED) is 0.401. The second-order valence-corrected chi connectivity index (χ2v) is 6.73. The Labute approximate surface area is 127 Å². The van der Waals surface area contributed by atoms with Gasteiger partial charge < -0.3 is 0 Å². The van der Waals surface area contributed by atoms with Crippen LogP contribution in [-0.4, -0.2) is 54.2 Å². The molecule has 1 rings (SSSR count). The molecule has 0 aliphatic heterocycles. The summed E-state index contributed by atoms with van der Waals surface area (Å²) < 4.78 is 0.354. The second kappa shape index (κ2) is 7.36. The summed E-state index contributed by atoms with van der Waals surface area (Å²) in [5.41, 5.74) is -0.243. The van der Waals surface area contributed by atoms with Gasteiger partial charge in [-0.2, -0.15) is 0 Å². The van der Waals surface area contributed by atoms with E-state index in [9.17, 15) is 19.5 Å². The number of benzene rings is 1. The van der Waals surface area contributed by atoms with Gasteiger partial charge in [0.2, 0.25) is 0 Å². The Morgan fingerprint density at radius 2 is 2.05 bits per heavy atom. The normalized spacial score (nSPS) is 12.3. The fourth-order valence-corrected chi connectivity index (χ4v) is 3.88. The third-order valence-electron chi connectivity index (χ3n) is 2.31. The molecule has 0 aliphatic rings. The second-order valence-electron chi connectivity index (χ2n) is 3.89. The summed E-state index contributed by atoms with van der Waals surface area (Å²) in [5, 5.41) is 20.8. The molecule has 0 aromatic heterocycles. The summed E-state index contributed by atoms with van der Waals surface area (Å²) in [7, 11) is 0. The first kappa shape index (κ1) is 16.6. The Bertz CT molecular complexity index is 549. The molecule has 1 unspecified atom stereocenters. The molecule has 8 heteroatoms. The molecular weight excluding hydrogens is 345 g/mol. The molecule has 107 valence electrons. The molecule has 6 nitrogen and oxygen atoms in total. The van der Waals surface area contributed by atoms with Crippen molar-refractivity contribution in [3.05, 3.63) is 23.8 Å². The number of hydrogen-bond donors (Lipinski definition) is 4. The maximum absolute atomic E-state index is 12.0. The molecule has 0 bridgehead atoms. The van der Waals surface area contributed by atoms with Gasteiger partial charge in [0, 0.05) is 0 Å². The zero-order valence-electron chi connectivity index (χ0n) is 10.5. The number of amides is 1. The van der Waals surface area contributed by atoms with Crippen LogP contribution in [0.4, 0.5) is 0 Å². The third-order valence-corrected chi connectivity index (χ3v) is 4.91. The van der Waals surface area contributed by atoms with Crippen LogP contribution in [0.3, 0.4) is 0 Å². The van der Waals surface area contributed by atoms with Crippen molar-refractivity contribution < 1.29 is 24.6 Å². The predicted molar refractivity (Wildman–Crippen MR) is 76.9 cm³/mol. The van der Waals surface area contributed by atoms with Gasteiger partial charge in [-0.15, -0.1) is 0 Å². The topological polar surface area (TPSA) is 104 Å². The molecule has 0 heterocycles. The van der Waals surface area contributed by atoms with Gasteiger partial charge >= 0.3 is 127 Å². The van der Waals surface area contributed by atoms with Crippen LogP contribution in [0, 0.1) is 0 Å². The number of carbonyl (C=O) groups is 3. The van der Waals surface area contributed by atoms with Gasteiger partial charge in [-0.1, -0.05) is 0 Å². The number of rotatable bonds is 6. The van der Waals surface area contributed by atoms with Crippen LogP contribution in [0.15, 0.2) is 18.2 Å². The summed E-state index contributed by atoms with van der Waals surface area (Å²) in [6.07, 6.45) is 0. The standard InChI is InChI=1S/C12H13AsNO5S/c1-6(15)14-9(5-20)11(17)13-7-2-3-10(16)8(4-7)12(18)19/h2-4,9,16,20H,5H2,1H3,(H,14,15)(H,18,19). The number of carboxylic acid groups (broad SMARTS) is 1. The van der Waals surface area contributed by atoms with Crippen molar-refractivity contribution in [1.29, 1.82) is 0 Å². The Morgan fingerprint density at radius 3 is 2.55 bits per heavy atom. The zero-order valence-corrected chi connectivity index (χ0v) is 13.3. The minimum absolute atomic E-state index is 0.178. The number of thiol groups is 1. The van der Waals surface area contributed by atoms with Gasteiger partial charge in [0.05, 0.1) is 0 Å². The van der Waals surface area contributed by atoms with Crippen molar-refractivity contribution in [1.82, 2.24) is 5.32 Å². The zero-order chi connectivity index (χ0) is 15.3. The average molecular weight is 358 g/mol. The summed E-state index contributed by atoms with van der Waals surface area (Å²) in [6, 6.07) is 3.34. The first-order valence-electron chi connectivity index (χ1n) is 5.55. The van der Waals surface area contributed by atoms with Crippen LogP contribution in [0.5, 0.6) is 5.75 Å². The first-order valence-corrected chi connectivity index (χ1v) is 8.06. The van der Waals surface area contributed by atoms with E-state index in [1.54, 1.807) is 0 Å². The van der Waals surface area contributed by atoms with Crippen LogP contribution >= 0.6 is 12.6 Å². The van der Waals surface area contributed by atoms with Gasteiger partial charge in [0.15, 0.2) is 0 Å². The van der Waals surface area contributed by atoms with E-state index in [1.165, 1.54) is 25.1 Å². The third kappa shape index (κ3) is 4.58. The van der Waals surface area contributed by atoms with E-state index < -0.39 is 27.8 Å². The van der Waals surface area contributed by atoms with Gasteiger partial charge in [0.1, 0.15) is 0 Å². The average Bonchev–Trinajstić information content (AvgIpc) is 2.37. The molecule has 1 atom stereocenters. The number of aromatic hydroxyl groups is 1. The fraction of sp³-hybridized carbons (Fsp3) is 0.250. The van der Waals surface area contributed by atoms with Crippen LogP contribution in [0.25, 0.3) is 0 Å². The molecule has 1 aromatic rings. The minimum atomic E-state index is -1.26. The van der Waals surface area contributed by atoms with Crippen molar-refractivity contribution in [3.63, 3.8) is 0 Å². The predicted octanol–water partition coefficient (Wildman–Crippen LogP) is -0.619. The van der Waals surface area contributed by atoms with Gasteiger partial charge in [-0.05, 0) is 0 Å². The van der Waals surface area contributed by atoms with Crippen LogP contribution in [0.1, 0.15) is 17.3 Å². The molecule has 0 saturated carbocycles. The van der Waals surface area contributed by atoms with E-state index in [-0.39, 0.29) is 27.5 Å². The number of carbonyl (C=O) groups excluding carboxylic acids is 2. The number of hydrogen-bond acceptors (Lipinski definition) is 5. The molecular formula is C12H13AsNO5S. The summed E-state index contributed by atoms with van der Waals surface area (Å²) >= 11 is 3.03. The van der Waals surface area contributed by atoms with E-state index in [4.69, 9.17) is 5.11 Å². The molecule has 1 radical (unpaired) electrons. The molecule has 1 amide bonds. The summed E-state index contributed by atoms with van der Waals surface area (Å²) in [4.78, 5) is 33.9. The van der Waals surface area contributed by atoms with Crippen molar-refractivity contribution in [2.45, 2.75) is 13.0 Å². The SMILES string of the molecule is CC(=O)NC(CS)C(=O)[As]c1ccc(O)c(C(=O)O)c1. The maximum atomic E-state index is 12.0. The number of carboxylic acids is 1. The van der Waals surface area contributed by atoms with Crippen molar-refractivity contribution in [2.75, 3.05) is 5.75 Å². The molecule has 0 aliphatic carbocycles. The molecule has 20 heavy (non-hydrogen) atoms. The van der Waals surface area contributed by atoms with Crippen molar-refractivity contribution >= 4 is 49.2 Å². The fourth-order valence-electron chi connectivity index (χ4n) is 1.40. The van der Waals surface area contributed by atoms with Crippen molar-refractivity contribution in [3.8, 4) is 5.75 Å². The summed E-state index contributed by atoms with van der Waals surface area (Å²) in [6.45, 7) is 1.31. The molecule has 0 fully saturated rings. The first-order chi connectivity index (χ1) is 9.35. The van der Waals surface area contributed by atoms with Crippen LogP contribution < -0.4 is 9.67 Å².